The first-order valence-electron chi connectivity index (χ1n) is 6.30. The van der Waals surface area contributed by atoms with Crippen LogP contribution < -0.4 is 5.73 Å². The van der Waals surface area contributed by atoms with Gasteiger partial charge in [-0.15, -0.1) is 11.3 Å². The van der Waals surface area contributed by atoms with E-state index in [4.69, 9.17) is 5.73 Å². The van der Waals surface area contributed by atoms with E-state index in [1.165, 1.54) is 35.2 Å². The zero-order valence-corrected chi connectivity index (χ0v) is 12.8. The minimum absolute atomic E-state index is 0.757. The van der Waals surface area contributed by atoms with Gasteiger partial charge < -0.3 is 10.6 Å². The lowest BCUT2D eigenvalue weighted by atomic mass is 9.96. The lowest BCUT2D eigenvalue weighted by Crippen LogP contribution is -2.30. The molecule has 1 saturated carbocycles. The first-order chi connectivity index (χ1) is 8.19. The molecule has 1 aromatic heterocycles. The van der Waals surface area contributed by atoms with E-state index in [1.54, 1.807) is 0 Å². The minimum Gasteiger partial charge on any atom is -0.330 e. The van der Waals surface area contributed by atoms with Gasteiger partial charge in [0.15, 0.2) is 0 Å². The molecule has 0 aromatic carbocycles. The van der Waals surface area contributed by atoms with E-state index in [9.17, 15) is 0 Å². The highest BCUT2D eigenvalue weighted by Crippen LogP contribution is 2.31. The molecule has 0 bridgehead atoms. The molecule has 0 amide bonds. The average molecular weight is 317 g/mol. The number of nitrogens with two attached hydrogens (primary N) is 1. The standard InChI is InChI=1S/C13H21BrN2S/c1-16(8-13-5-12(14)9-17-13)7-11-4-2-3-10(11)6-15/h5,9-11H,2-4,6-8,15H2,1H3. The van der Waals surface area contributed by atoms with Gasteiger partial charge in [-0.1, -0.05) is 6.42 Å². The van der Waals surface area contributed by atoms with Crippen molar-refractivity contribution in [2.24, 2.45) is 17.6 Å². The van der Waals surface area contributed by atoms with Gasteiger partial charge in [-0.25, -0.2) is 0 Å². The Morgan fingerprint density at radius 3 is 2.88 bits per heavy atom. The number of thiophene rings is 1. The Morgan fingerprint density at radius 2 is 2.24 bits per heavy atom. The van der Waals surface area contributed by atoms with E-state index in [-0.39, 0.29) is 0 Å². The predicted octanol–water partition coefficient (Wildman–Crippen LogP) is 3.32. The summed E-state index contributed by atoms with van der Waals surface area (Å²) >= 11 is 5.34. The third kappa shape index (κ3) is 3.78. The SMILES string of the molecule is CN(Cc1cc(Br)cs1)CC1CCCC1CN. The first-order valence-corrected chi connectivity index (χ1v) is 7.98. The van der Waals surface area contributed by atoms with Crippen LogP contribution in [-0.2, 0) is 6.54 Å². The molecule has 2 unspecified atom stereocenters. The van der Waals surface area contributed by atoms with Gasteiger partial charge in [0.1, 0.15) is 0 Å². The monoisotopic (exact) mass is 316 g/mol. The molecular weight excluding hydrogens is 296 g/mol. The molecule has 2 N–H and O–H groups in total. The second-order valence-corrected chi connectivity index (χ2v) is 7.03. The molecule has 0 saturated heterocycles. The fourth-order valence-electron chi connectivity index (χ4n) is 2.83. The average Bonchev–Trinajstić information content (AvgIpc) is 2.87. The van der Waals surface area contributed by atoms with Crippen LogP contribution in [0.1, 0.15) is 24.1 Å². The Kier molecular flexibility index (Phi) is 5.03. The Balaban J connectivity index is 1.82. The van der Waals surface area contributed by atoms with Crippen LogP contribution in [0.2, 0.25) is 0 Å². The zero-order chi connectivity index (χ0) is 12.3. The number of rotatable bonds is 5. The second-order valence-electron chi connectivity index (χ2n) is 5.11. The van der Waals surface area contributed by atoms with Crippen molar-refractivity contribution in [2.75, 3.05) is 20.1 Å². The van der Waals surface area contributed by atoms with Crippen LogP contribution in [0.25, 0.3) is 0 Å². The number of hydrogen-bond donors (Lipinski definition) is 1. The van der Waals surface area contributed by atoms with Crippen molar-refractivity contribution >= 4 is 27.3 Å². The lowest BCUT2D eigenvalue weighted by Gasteiger charge is -2.24. The van der Waals surface area contributed by atoms with Gasteiger partial charge in [-0.3, -0.25) is 0 Å². The van der Waals surface area contributed by atoms with E-state index < -0.39 is 0 Å². The molecule has 0 aliphatic heterocycles. The molecule has 1 aliphatic rings. The van der Waals surface area contributed by atoms with Gasteiger partial charge in [0.25, 0.3) is 0 Å². The molecule has 4 heteroatoms. The Hall–Kier alpha value is 0.1000. The molecule has 2 atom stereocenters. The smallest absolute Gasteiger partial charge is 0.0325 e. The molecule has 0 spiro atoms. The summed E-state index contributed by atoms with van der Waals surface area (Å²) in [5.74, 6) is 1.57. The summed E-state index contributed by atoms with van der Waals surface area (Å²) < 4.78 is 1.20. The molecule has 1 fully saturated rings. The maximum atomic E-state index is 5.83. The highest BCUT2D eigenvalue weighted by molar-refractivity contribution is 9.10. The summed E-state index contributed by atoms with van der Waals surface area (Å²) in [4.78, 5) is 3.87. The lowest BCUT2D eigenvalue weighted by molar-refractivity contribution is 0.238. The van der Waals surface area contributed by atoms with E-state index in [0.717, 1.165) is 24.9 Å². The zero-order valence-electron chi connectivity index (χ0n) is 10.4. The summed E-state index contributed by atoms with van der Waals surface area (Å²) in [6.45, 7) is 3.12. The van der Waals surface area contributed by atoms with Gasteiger partial charge in [0.2, 0.25) is 0 Å². The summed E-state index contributed by atoms with van der Waals surface area (Å²) in [7, 11) is 2.22. The van der Waals surface area contributed by atoms with Crippen molar-refractivity contribution in [3.63, 3.8) is 0 Å². The van der Waals surface area contributed by atoms with E-state index in [1.807, 2.05) is 11.3 Å². The number of hydrogen-bond acceptors (Lipinski definition) is 3. The fraction of sp³-hybridized carbons (Fsp3) is 0.692. The highest BCUT2D eigenvalue weighted by Gasteiger charge is 2.26. The van der Waals surface area contributed by atoms with Gasteiger partial charge in [0.05, 0.1) is 0 Å². The topological polar surface area (TPSA) is 29.3 Å². The van der Waals surface area contributed by atoms with Crippen LogP contribution in [0.3, 0.4) is 0 Å². The third-order valence-electron chi connectivity index (χ3n) is 3.71. The van der Waals surface area contributed by atoms with Crippen molar-refractivity contribution in [1.82, 2.24) is 4.90 Å². The molecule has 1 aliphatic carbocycles. The Bertz CT molecular complexity index is 353. The summed E-state index contributed by atoms with van der Waals surface area (Å²) in [5, 5.41) is 2.15. The second kappa shape index (κ2) is 6.32. The predicted molar refractivity (Wildman–Crippen MR) is 78.2 cm³/mol. The minimum atomic E-state index is 0.757. The van der Waals surface area contributed by atoms with Crippen molar-refractivity contribution in [2.45, 2.75) is 25.8 Å². The maximum Gasteiger partial charge on any atom is 0.0325 e. The van der Waals surface area contributed by atoms with Gasteiger partial charge in [0, 0.05) is 27.8 Å². The van der Waals surface area contributed by atoms with Crippen LogP contribution in [0.4, 0.5) is 0 Å². The molecular formula is C13H21BrN2S. The van der Waals surface area contributed by atoms with Crippen LogP contribution in [-0.4, -0.2) is 25.0 Å². The van der Waals surface area contributed by atoms with E-state index >= 15 is 0 Å². The quantitative estimate of drug-likeness (QED) is 0.903. The Morgan fingerprint density at radius 1 is 1.47 bits per heavy atom. The summed E-state index contributed by atoms with van der Waals surface area (Å²) in [5.41, 5.74) is 5.83. The van der Waals surface area contributed by atoms with Gasteiger partial charge in [-0.05, 0) is 60.3 Å². The van der Waals surface area contributed by atoms with E-state index in [2.05, 4.69) is 39.3 Å². The van der Waals surface area contributed by atoms with Crippen LogP contribution in [0.15, 0.2) is 15.9 Å². The molecule has 2 nitrogen and oxygen atoms in total. The maximum absolute atomic E-state index is 5.83. The summed E-state index contributed by atoms with van der Waals surface area (Å²) in [6.07, 6.45) is 4.06. The first kappa shape index (κ1) is 13.5. The van der Waals surface area contributed by atoms with Crippen molar-refractivity contribution in [1.29, 1.82) is 0 Å². The highest BCUT2D eigenvalue weighted by atomic mass is 79.9. The van der Waals surface area contributed by atoms with Crippen molar-refractivity contribution in [3.05, 3.63) is 20.8 Å². The molecule has 1 aromatic rings. The molecule has 0 radical (unpaired) electrons. The van der Waals surface area contributed by atoms with Crippen molar-refractivity contribution in [3.8, 4) is 0 Å². The molecule has 96 valence electrons. The summed E-state index contributed by atoms with van der Waals surface area (Å²) in [6, 6.07) is 2.22. The number of nitrogens with zero attached hydrogens (tertiary/aromatic N) is 1. The van der Waals surface area contributed by atoms with Gasteiger partial charge in [-0.2, -0.15) is 0 Å². The van der Waals surface area contributed by atoms with Crippen LogP contribution in [0.5, 0.6) is 0 Å². The fourth-order valence-corrected chi connectivity index (χ4v) is 4.36. The third-order valence-corrected chi connectivity index (χ3v) is 5.40. The van der Waals surface area contributed by atoms with Crippen molar-refractivity contribution < 1.29 is 0 Å². The van der Waals surface area contributed by atoms with Gasteiger partial charge >= 0.3 is 0 Å². The molecule has 1 heterocycles. The largest absolute Gasteiger partial charge is 0.330 e. The van der Waals surface area contributed by atoms with E-state index in [0.29, 0.717) is 0 Å². The normalized spacial score (nSPS) is 24.7. The van der Waals surface area contributed by atoms with Crippen LogP contribution in [0, 0.1) is 11.8 Å². The number of halogens is 1. The van der Waals surface area contributed by atoms with Crippen LogP contribution >= 0.6 is 27.3 Å². The Labute approximate surface area is 116 Å². The molecule has 17 heavy (non-hydrogen) atoms. The molecule has 2 rings (SSSR count).